The molecule has 0 atom stereocenters. The molecule has 0 unspecified atom stereocenters. The summed E-state index contributed by atoms with van der Waals surface area (Å²) in [6, 6.07) is 0. The lowest BCUT2D eigenvalue weighted by atomic mass is 10.3. The first-order valence-corrected chi connectivity index (χ1v) is 7.56. The molecule has 0 bridgehead atoms. The smallest absolute Gasteiger partial charge is 0.273 e. The molecule has 1 aromatic heterocycles. The van der Waals surface area contributed by atoms with Gasteiger partial charge in [-0.25, -0.2) is 4.98 Å². The van der Waals surface area contributed by atoms with Gasteiger partial charge in [-0.1, -0.05) is 13.8 Å². The minimum Gasteiger partial charge on any atom is -0.338 e. The van der Waals surface area contributed by atoms with Gasteiger partial charge in [-0.3, -0.25) is 4.79 Å². The molecule has 1 rings (SSSR count). The SMILES string of the molecule is CCN(CC)CCCN(CC)C(=O)c1cscn1. The molecule has 0 saturated carbocycles. The number of carbonyl (C=O) groups is 1. The van der Waals surface area contributed by atoms with E-state index in [4.69, 9.17) is 0 Å². The van der Waals surface area contributed by atoms with E-state index in [2.05, 4.69) is 23.7 Å². The van der Waals surface area contributed by atoms with Crippen molar-refractivity contribution >= 4 is 17.2 Å². The molecular formula is C13H23N3OS. The van der Waals surface area contributed by atoms with Gasteiger partial charge in [0.2, 0.25) is 0 Å². The molecule has 0 aliphatic heterocycles. The first-order chi connectivity index (χ1) is 8.72. The molecular weight excluding hydrogens is 246 g/mol. The first-order valence-electron chi connectivity index (χ1n) is 6.62. The van der Waals surface area contributed by atoms with Crippen LogP contribution in [0, 0.1) is 0 Å². The summed E-state index contributed by atoms with van der Waals surface area (Å²) < 4.78 is 0. The summed E-state index contributed by atoms with van der Waals surface area (Å²) in [6.45, 7) is 11.1. The lowest BCUT2D eigenvalue weighted by Gasteiger charge is -2.23. The Morgan fingerprint density at radius 2 is 1.94 bits per heavy atom. The van der Waals surface area contributed by atoms with Crippen molar-refractivity contribution in [2.45, 2.75) is 27.2 Å². The fraction of sp³-hybridized carbons (Fsp3) is 0.692. The average Bonchev–Trinajstić information content (AvgIpc) is 2.92. The van der Waals surface area contributed by atoms with E-state index in [9.17, 15) is 4.79 Å². The summed E-state index contributed by atoms with van der Waals surface area (Å²) in [6.07, 6.45) is 1.02. The second-order valence-corrected chi connectivity index (χ2v) is 4.86. The van der Waals surface area contributed by atoms with E-state index in [1.165, 1.54) is 11.3 Å². The normalized spacial score (nSPS) is 10.9. The van der Waals surface area contributed by atoms with Crippen LogP contribution in [-0.2, 0) is 0 Å². The van der Waals surface area contributed by atoms with E-state index in [1.807, 2.05) is 17.2 Å². The third-order valence-corrected chi connectivity index (χ3v) is 3.70. The standard InChI is InChI=1S/C13H23N3OS/c1-4-15(5-2)8-7-9-16(6-3)13(17)12-10-18-11-14-12/h10-11H,4-9H2,1-3H3. The highest BCUT2D eigenvalue weighted by molar-refractivity contribution is 7.07. The van der Waals surface area contributed by atoms with Gasteiger partial charge in [0.15, 0.2) is 0 Å². The zero-order valence-corrected chi connectivity index (χ0v) is 12.4. The third kappa shape index (κ3) is 4.38. The summed E-state index contributed by atoms with van der Waals surface area (Å²) in [5.41, 5.74) is 2.28. The molecule has 18 heavy (non-hydrogen) atoms. The van der Waals surface area contributed by atoms with Crippen LogP contribution in [0.1, 0.15) is 37.7 Å². The molecule has 0 radical (unpaired) electrons. The largest absolute Gasteiger partial charge is 0.338 e. The predicted octanol–water partition coefficient (Wildman–Crippen LogP) is 2.34. The predicted molar refractivity (Wildman–Crippen MR) is 76.1 cm³/mol. The highest BCUT2D eigenvalue weighted by Crippen LogP contribution is 2.06. The molecule has 1 heterocycles. The van der Waals surface area contributed by atoms with Crippen LogP contribution in [0.3, 0.4) is 0 Å². The van der Waals surface area contributed by atoms with Crippen molar-refractivity contribution < 1.29 is 4.79 Å². The van der Waals surface area contributed by atoms with Gasteiger partial charge < -0.3 is 9.80 Å². The van der Waals surface area contributed by atoms with Gasteiger partial charge in [0.1, 0.15) is 5.69 Å². The second kappa shape index (κ2) is 8.21. The van der Waals surface area contributed by atoms with E-state index >= 15 is 0 Å². The summed E-state index contributed by atoms with van der Waals surface area (Å²) in [5, 5.41) is 1.81. The maximum Gasteiger partial charge on any atom is 0.273 e. The van der Waals surface area contributed by atoms with Crippen molar-refractivity contribution in [3.63, 3.8) is 0 Å². The number of hydrogen-bond donors (Lipinski definition) is 0. The Morgan fingerprint density at radius 3 is 2.44 bits per heavy atom. The van der Waals surface area contributed by atoms with Crippen LogP contribution in [0.25, 0.3) is 0 Å². The lowest BCUT2D eigenvalue weighted by Crippen LogP contribution is -2.34. The summed E-state index contributed by atoms with van der Waals surface area (Å²) >= 11 is 1.46. The molecule has 0 spiro atoms. The minimum absolute atomic E-state index is 0.0540. The van der Waals surface area contributed by atoms with Crippen LogP contribution in [-0.4, -0.2) is 53.4 Å². The van der Waals surface area contributed by atoms with E-state index in [0.717, 1.165) is 39.1 Å². The average molecular weight is 269 g/mol. The Bertz CT molecular complexity index is 336. The van der Waals surface area contributed by atoms with Gasteiger partial charge in [0.25, 0.3) is 5.91 Å². The highest BCUT2D eigenvalue weighted by atomic mass is 32.1. The Hall–Kier alpha value is -0.940. The Balaban J connectivity index is 2.40. The number of rotatable bonds is 8. The molecule has 0 aliphatic carbocycles. The maximum atomic E-state index is 12.1. The lowest BCUT2D eigenvalue weighted by molar-refractivity contribution is 0.0752. The van der Waals surface area contributed by atoms with Gasteiger partial charge in [-0.15, -0.1) is 11.3 Å². The molecule has 0 N–H and O–H groups in total. The van der Waals surface area contributed by atoms with Crippen LogP contribution in [0.15, 0.2) is 10.9 Å². The van der Waals surface area contributed by atoms with Crippen LogP contribution in [0.2, 0.25) is 0 Å². The summed E-state index contributed by atoms with van der Waals surface area (Å²) in [7, 11) is 0. The molecule has 4 nitrogen and oxygen atoms in total. The van der Waals surface area contributed by atoms with Crippen molar-refractivity contribution in [3.8, 4) is 0 Å². The van der Waals surface area contributed by atoms with Crippen LogP contribution < -0.4 is 0 Å². The van der Waals surface area contributed by atoms with Crippen molar-refractivity contribution in [3.05, 3.63) is 16.6 Å². The topological polar surface area (TPSA) is 36.4 Å². The van der Waals surface area contributed by atoms with E-state index in [1.54, 1.807) is 5.51 Å². The quantitative estimate of drug-likeness (QED) is 0.727. The van der Waals surface area contributed by atoms with Gasteiger partial charge >= 0.3 is 0 Å². The summed E-state index contributed by atoms with van der Waals surface area (Å²) in [5.74, 6) is 0.0540. The van der Waals surface area contributed by atoms with Crippen LogP contribution in [0.5, 0.6) is 0 Å². The molecule has 1 aromatic rings. The third-order valence-electron chi connectivity index (χ3n) is 3.12. The van der Waals surface area contributed by atoms with Gasteiger partial charge in [0.05, 0.1) is 5.51 Å². The maximum absolute atomic E-state index is 12.1. The van der Waals surface area contributed by atoms with Crippen molar-refractivity contribution in [1.82, 2.24) is 14.8 Å². The van der Waals surface area contributed by atoms with Crippen molar-refractivity contribution in [1.29, 1.82) is 0 Å². The fourth-order valence-electron chi connectivity index (χ4n) is 1.91. The number of aromatic nitrogens is 1. The Labute approximate surface area is 114 Å². The number of carbonyl (C=O) groups excluding carboxylic acids is 1. The molecule has 0 saturated heterocycles. The molecule has 0 aromatic carbocycles. The first kappa shape index (κ1) is 15.1. The second-order valence-electron chi connectivity index (χ2n) is 4.14. The van der Waals surface area contributed by atoms with Gasteiger partial charge in [-0.05, 0) is 33.0 Å². The zero-order valence-electron chi connectivity index (χ0n) is 11.6. The van der Waals surface area contributed by atoms with E-state index < -0.39 is 0 Å². The molecule has 0 fully saturated rings. The number of thiazole rings is 1. The number of hydrogen-bond acceptors (Lipinski definition) is 4. The highest BCUT2D eigenvalue weighted by Gasteiger charge is 2.15. The van der Waals surface area contributed by atoms with Crippen molar-refractivity contribution in [2.75, 3.05) is 32.7 Å². The fourth-order valence-corrected chi connectivity index (χ4v) is 2.43. The van der Waals surface area contributed by atoms with Crippen molar-refractivity contribution in [2.24, 2.45) is 0 Å². The Kier molecular flexibility index (Phi) is 6.90. The number of amides is 1. The van der Waals surface area contributed by atoms with Gasteiger partial charge in [0, 0.05) is 18.5 Å². The van der Waals surface area contributed by atoms with E-state index in [0.29, 0.717) is 5.69 Å². The molecule has 1 amide bonds. The monoisotopic (exact) mass is 269 g/mol. The molecule has 0 aliphatic rings. The molecule has 102 valence electrons. The minimum atomic E-state index is 0.0540. The zero-order chi connectivity index (χ0) is 13.4. The Morgan fingerprint density at radius 1 is 1.22 bits per heavy atom. The number of nitrogens with zero attached hydrogens (tertiary/aromatic N) is 3. The van der Waals surface area contributed by atoms with Crippen LogP contribution >= 0.6 is 11.3 Å². The van der Waals surface area contributed by atoms with E-state index in [-0.39, 0.29) is 5.91 Å². The van der Waals surface area contributed by atoms with Gasteiger partial charge in [-0.2, -0.15) is 0 Å². The van der Waals surface area contributed by atoms with Crippen LogP contribution in [0.4, 0.5) is 0 Å². The summed E-state index contributed by atoms with van der Waals surface area (Å²) in [4.78, 5) is 20.4. The molecule has 5 heteroatoms.